The van der Waals surface area contributed by atoms with Crippen molar-refractivity contribution in [1.82, 2.24) is 4.31 Å². The van der Waals surface area contributed by atoms with Crippen molar-refractivity contribution in [2.75, 3.05) is 51.2 Å². The molecule has 1 aliphatic heterocycles. The lowest BCUT2D eigenvalue weighted by atomic mass is 10.2. The monoisotopic (exact) mass is 540 g/mol. The normalized spacial score (nSPS) is 14.4. The van der Waals surface area contributed by atoms with Crippen molar-refractivity contribution in [2.24, 2.45) is 0 Å². The van der Waals surface area contributed by atoms with Crippen LogP contribution in [0.1, 0.15) is 16.6 Å². The van der Waals surface area contributed by atoms with Crippen LogP contribution >= 0.6 is 23.5 Å². The number of ether oxygens (including phenoxy) is 3. The molecule has 35 heavy (non-hydrogen) atoms. The summed E-state index contributed by atoms with van der Waals surface area (Å²) in [5.74, 6) is 1.75. The van der Waals surface area contributed by atoms with Gasteiger partial charge >= 0.3 is 5.97 Å². The SMILES string of the molecule is COc1ccc(S(=O)(=O)N(C)C)cc1NC(=O)COC(=O)COc1ccc(C2SCCCS2)cc1. The summed E-state index contributed by atoms with van der Waals surface area (Å²) in [6.45, 7) is -0.912. The molecule has 0 radical (unpaired) electrons. The van der Waals surface area contributed by atoms with Crippen LogP contribution in [0.2, 0.25) is 0 Å². The Labute approximate surface area is 213 Å². The standard InChI is InChI=1S/C23H28N2O7S3/c1-25(2)35(28,29)18-9-10-20(30-3)19(13-18)24-21(26)14-32-22(27)15-31-17-7-5-16(6-8-17)23-33-11-4-12-34-23/h5-10,13,23H,4,11-12,14-15H2,1-3H3,(H,24,26). The van der Waals surface area contributed by atoms with E-state index in [1.54, 1.807) is 0 Å². The number of carbonyl (C=O) groups is 2. The molecule has 0 saturated carbocycles. The van der Waals surface area contributed by atoms with Crippen molar-refractivity contribution >= 4 is 51.1 Å². The van der Waals surface area contributed by atoms with Crippen LogP contribution in [0, 0.1) is 0 Å². The van der Waals surface area contributed by atoms with E-state index < -0.39 is 28.5 Å². The summed E-state index contributed by atoms with van der Waals surface area (Å²) in [7, 11) is 0.495. The first-order valence-corrected chi connectivity index (χ1v) is 14.3. The highest BCUT2D eigenvalue weighted by atomic mass is 32.2. The van der Waals surface area contributed by atoms with Gasteiger partial charge in [-0.1, -0.05) is 12.1 Å². The molecular weight excluding hydrogens is 512 g/mol. The van der Waals surface area contributed by atoms with Gasteiger partial charge in [0.2, 0.25) is 10.0 Å². The highest BCUT2D eigenvalue weighted by molar-refractivity contribution is 8.16. The van der Waals surface area contributed by atoms with Crippen LogP contribution in [0.15, 0.2) is 47.4 Å². The Bertz CT molecular complexity index is 1130. The molecule has 0 aromatic heterocycles. The van der Waals surface area contributed by atoms with Gasteiger partial charge in [-0.15, -0.1) is 23.5 Å². The summed E-state index contributed by atoms with van der Waals surface area (Å²) >= 11 is 3.85. The van der Waals surface area contributed by atoms with E-state index in [1.807, 2.05) is 47.8 Å². The number of hydrogen-bond acceptors (Lipinski definition) is 9. The number of rotatable bonds is 10. The van der Waals surface area contributed by atoms with Crippen molar-refractivity contribution < 1.29 is 32.2 Å². The number of anilines is 1. The van der Waals surface area contributed by atoms with E-state index in [-0.39, 0.29) is 22.9 Å². The topological polar surface area (TPSA) is 111 Å². The van der Waals surface area contributed by atoms with Gasteiger partial charge in [0.05, 0.1) is 22.3 Å². The van der Waals surface area contributed by atoms with Gasteiger partial charge in [0, 0.05) is 14.1 Å². The third kappa shape index (κ3) is 7.53. The van der Waals surface area contributed by atoms with E-state index >= 15 is 0 Å². The van der Waals surface area contributed by atoms with Gasteiger partial charge in [0.15, 0.2) is 13.2 Å². The van der Waals surface area contributed by atoms with Crippen LogP contribution in [0.3, 0.4) is 0 Å². The van der Waals surface area contributed by atoms with E-state index in [1.165, 1.54) is 51.4 Å². The molecular formula is C23H28N2O7S3. The average Bonchev–Trinajstić information content (AvgIpc) is 2.87. The van der Waals surface area contributed by atoms with Crippen LogP contribution in [-0.2, 0) is 24.3 Å². The molecule has 0 unspecified atom stereocenters. The van der Waals surface area contributed by atoms with E-state index in [0.717, 1.165) is 15.8 Å². The number of thioether (sulfide) groups is 2. The molecule has 12 heteroatoms. The Morgan fingerprint density at radius 2 is 1.74 bits per heavy atom. The molecule has 0 bridgehead atoms. The molecule has 1 N–H and O–H groups in total. The smallest absolute Gasteiger partial charge is 0.344 e. The molecule has 190 valence electrons. The fraction of sp³-hybridized carbons (Fsp3) is 0.391. The molecule has 1 amide bonds. The van der Waals surface area contributed by atoms with Gasteiger partial charge in [0.1, 0.15) is 11.5 Å². The van der Waals surface area contributed by atoms with E-state index in [2.05, 4.69) is 5.32 Å². The van der Waals surface area contributed by atoms with E-state index in [0.29, 0.717) is 10.3 Å². The van der Waals surface area contributed by atoms with Gasteiger partial charge in [0.25, 0.3) is 5.91 Å². The third-order valence-corrected chi connectivity index (χ3v) is 9.75. The Morgan fingerprint density at radius 1 is 1.06 bits per heavy atom. The molecule has 3 rings (SSSR count). The predicted molar refractivity (Wildman–Crippen MR) is 138 cm³/mol. The summed E-state index contributed by atoms with van der Waals surface area (Å²) in [4.78, 5) is 24.3. The van der Waals surface area contributed by atoms with Crippen LogP contribution in [0.25, 0.3) is 0 Å². The van der Waals surface area contributed by atoms with Crippen LogP contribution in [0.4, 0.5) is 5.69 Å². The molecule has 1 heterocycles. The maximum Gasteiger partial charge on any atom is 0.344 e. The second kappa shape index (κ2) is 12.5. The number of nitrogens with zero attached hydrogens (tertiary/aromatic N) is 1. The van der Waals surface area contributed by atoms with Crippen molar-refractivity contribution in [2.45, 2.75) is 15.9 Å². The lowest BCUT2D eigenvalue weighted by Crippen LogP contribution is -2.25. The minimum absolute atomic E-state index is 0.0179. The number of methoxy groups -OCH3 is 1. The maximum atomic E-state index is 12.4. The molecule has 0 atom stereocenters. The quantitative estimate of drug-likeness (QED) is 0.453. The molecule has 1 aliphatic rings. The number of sulfonamides is 1. The lowest BCUT2D eigenvalue weighted by Gasteiger charge is -2.21. The summed E-state index contributed by atoms with van der Waals surface area (Å²) in [5.41, 5.74) is 1.35. The highest BCUT2D eigenvalue weighted by Gasteiger charge is 2.20. The van der Waals surface area contributed by atoms with Crippen molar-refractivity contribution in [1.29, 1.82) is 0 Å². The number of benzene rings is 2. The highest BCUT2D eigenvalue weighted by Crippen LogP contribution is 2.43. The van der Waals surface area contributed by atoms with Gasteiger partial charge in [-0.2, -0.15) is 0 Å². The average molecular weight is 541 g/mol. The third-order valence-electron chi connectivity index (χ3n) is 4.92. The van der Waals surface area contributed by atoms with Gasteiger partial charge in [-0.3, -0.25) is 4.79 Å². The summed E-state index contributed by atoms with van der Waals surface area (Å²) < 4.78 is 41.8. The first-order valence-electron chi connectivity index (χ1n) is 10.7. The number of carbonyl (C=O) groups excluding carboxylic acids is 2. The number of nitrogens with one attached hydrogen (secondary N) is 1. The molecule has 0 spiro atoms. The minimum atomic E-state index is -3.71. The van der Waals surface area contributed by atoms with Crippen molar-refractivity contribution in [3.63, 3.8) is 0 Å². The van der Waals surface area contributed by atoms with Gasteiger partial charge in [-0.05, 0) is 53.8 Å². The van der Waals surface area contributed by atoms with Gasteiger partial charge < -0.3 is 19.5 Å². The fourth-order valence-corrected chi connectivity index (χ4v) is 6.90. The van der Waals surface area contributed by atoms with Gasteiger partial charge in [-0.25, -0.2) is 17.5 Å². The summed E-state index contributed by atoms with van der Waals surface area (Å²) in [5, 5.41) is 2.51. The minimum Gasteiger partial charge on any atom is -0.495 e. The van der Waals surface area contributed by atoms with E-state index in [4.69, 9.17) is 14.2 Å². The molecule has 2 aromatic carbocycles. The Kier molecular flexibility index (Phi) is 9.72. The summed E-state index contributed by atoms with van der Waals surface area (Å²) in [6.07, 6.45) is 1.23. The van der Waals surface area contributed by atoms with Crippen LogP contribution < -0.4 is 14.8 Å². The fourth-order valence-electron chi connectivity index (χ4n) is 3.07. The first-order chi connectivity index (χ1) is 16.7. The Morgan fingerprint density at radius 3 is 2.37 bits per heavy atom. The number of esters is 1. The first kappa shape index (κ1) is 27.2. The predicted octanol–water partition coefficient (Wildman–Crippen LogP) is 3.37. The second-order valence-corrected chi connectivity index (χ2v) is 12.5. The zero-order valence-corrected chi connectivity index (χ0v) is 22.1. The lowest BCUT2D eigenvalue weighted by molar-refractivity contribution is -0.149. The largest absolute Gasteiger partial charge is 0.495 e. The molecule has 0 aliphatic carbocycles. The Balaban J connectivity index is 1.49. The van der Waals surface area contributed by atoms with Crippen LogP contribution in [-0.4, -0.2) is 70.5 Å². The van der Waals surface area contributed by atoms with Crippen molar-refractivity contribution in [3.8, 4) is 11.5 Å². The Hall–Kier alpha value is -2.41. The molecule has 1 saturated heterocycles. The van der Waals surface area contributed by atoms with E-state index in [9.17, 15) is 18.0 Å². The zero-order chi connectivity index (χ0) is 25.4. The summed E-state index contributed by atoms with van der Waals surface area (Å²) in [6, 6.07) is 11.7. The second-order valence-electron chi connectivity index (χ2n) is 7.64. The zero-order valence-electron chi connectivity index (χ0n) is 19.7. The number of amides is 1. The molecule has 2 aromatic rings. The molecule has 9 nitrogen and oxygen atoms in total. The van der Waals surface area contributed by atoms with Crippen molar-refractivity contribution in [3.05, 3.63) is 48.0 Å². The maximum absolute atomic E-state index is 12.4. The molecule has 1 fully saturated rings. The number of hydrogen-bond donors (Lipinski definition) is 1. The van der Waals surface area contributed by atoms with Crippen LogP contribution in [0.5, 0.6) is 11.5 Å².